The van der Waals surface area contributed by atoms with E-state index in [0.29, 0.717) is 33.4 Å². The van der Waals surface area contributed by atoms with Crippen molar-refractivity contribution >= 4 is 52.9 Å². The van der Waals surface area contributed by atoms with Gasteiger partial charge in [-0.3, -0.25) is 4.79 Å². The fourth-order valence-electron chi connectivity index (χ4n) is 2.46. The van der Waals surface area contributed by atoms with Crippen molar-refractivity contribution in [3.8, 4) is 5.75 Å². The van der Waals surface area contributed by atoms with Gasteiger partial charge in [-0.25, -0.2) is 4.68 Å². The lowest BCUT2D eigenvalue weighted by Gasteiger charge is -2.06. The van der Waals surface area contributed by atoms with Gasteiger partial charge in [0.2, 0.25) is 5.16 Å². The Balaban J connectivity index is 1.45. The second kappa shape index (κ2) is 11.0. The van der Waals surface area contributed by atoms with Crippen LogP contribution < -0.4 is 10.6 Å². The highest BCUT2D eigenvalue weighted by atomic mass is 35.5. The molecule has 0 radical (unpaired) electrons. The van der Waals surface area contributed by atoms with Gasteiger partial charge in [-0.15, -0.1) is 10.2 Å². The Labute approximate surface area is 194 Å². The van der Waals surface area contributed by atoms with Crippen LogP contribution in [-0.4, -0.2) is 33.0 Å². The average Bonchev–Trinajstić information content (AvgIpc) is 3.07. The smallest absolute Gasteiger partial charge is 0.209 e. The number of rotatable bonds is 9. The SMILES string of the molecule is Cc1nnc(SCCOc2ccc(C=CC(=O)C=Cc3ccc(Cl)cc3Cl)cc2)n1N. The van der Waals surface area contributed by atoms with Crippen LogP contribution in [0.25, 0.3) is 12.2 Å². The van der Waals surface area contributed by atoms with Crippen LogP contribution in [0.15, 0.2) is 59.8 Å². The minimum atomic E-state index is -0.147. The number of thioether (sulfide) groups is 1. The average molecular weight is 475 g/mol. The van der Waals surface area contributed by atoms with Gasteiger partial charge >= 0.3 is 0 Å². The summed E-state index contributed by atoms with van der Waals surface area (Å²) in [6.45, 7) is 2.30. The topological polar surface area (TPSA) is 83.0 Å². The molecule has 2 aromatic carbocycles. The van der Waals surface area contributed by atoms with Crippen LogP contribution in [0.3, 0.4) is 0 Å². The van der Waals surface area contributed by atoms with Gasteiger partial charge in [-0.1, -0.05) is 59.2 Å². The molecule has 6 nitrogen and oxygen atoms in total. The maximum atomic E-state index is 12.1. The largest absolute Gasteiger partial charge is 0.493 e. The molecule has 0 spiro atoms. The number of aryl methyl sites for hydroxylation is 1. The third-order valence-corrected chi connectivity index (χ3v) is 5.60. The number of carbonyl (C=O) groups excluding carboxylic acids is 1. The fourth-order valence-corrected chi connectivity index (χ4v) is 3.65. The molecule has 2 N–H and O–H groups in total. The molecular weight excluding hydrogens is 455 g/mol. The molecule has 0 aliphatic rings. The molecule has 0 atom stereocenters. The molecular formula is C22H20Cl2N4O2S. The first-order valence-corrected chi connectivity index (χ1v) is 11.0. The molecule has 0 aliphatic heterocycles. The molecule has 0 fully saturated rings. The molecule has 0 unspecified atom stereocenters. The van der Waals surface area contributed by atoms with Gasteiger partial charge in [0.05, 0.1) is 6.61 Å². The van der Waals surface area contributed by atoms with E-state index in [0.717, 1.165) is 16.9 Å². The summed E-state index contributed by atoms with van der Waals surface area (Å²) in [4.78, 5) is 12.1. The van der Waals surface area contributed by atoms with Gasteiger partial charge in [0.15, 0.2) is 5.78 Å². The molecule has 0 bridgehead atoms. The Morgan fingerprint density at radius 2 is 1.87 bits per heavy atom. The zero-order valence-electron chi connectivity index (χ0n) is 16.7. The van der Waals surface area contributed by atoms with Gasteiger partial charge < -0.3 is 10.6 Å². The molecule has 3 rings (SSSR count). The standard InChI is InChI=1S/C22H20Cl2N4O2S/c1-15-26-27-22(28(15)25)31-13-12-30-20-10-3-16(4-11-20)2-8-19(29)9-6-17-5-7-18(23)14-21(17)24/h2-11,14H,12-13,25H2,1H3. The van der Waals surface area contributed by atoms with Crippen LogP contribution >= 0.6 is 35.0 Å². The predicted octanol–water partition coefficient (Wildman–Crippen LogP) is 5.07. The summed E-state index contributed by atoms with van der Waals surface area (Å²) in [6.07, 6.45) is 6.36. The highest BCUT2D eigenvalue weighted by Crippen LogP contribution is 2.22. The number of ether oxygens (including phenoxy) is 1. The van der Waals surface area contributed by atoms with Gasteiger partial charge in [0.1, 0.15) is 11.6 Å². The molecule has 9 heteroatoms. The molecule has 1 aromatic heterocycles. The highest BCUT2D eigenvalue weighted by molar-refractivity contribution is 7.99. The van der Waals surface area contributed by atoms with Crippen LogP contribution in [0, 0.1) is 6.92 Å². The molecule has 160 valence electrons. The van der Waals surface area contributed by atoms with E-state index in [-0.39, 0.29) is 5.78 Å². The van der Waals surface area contributed by atoms with Crippen LogP contribution in [0.2, 0.25) is 10.0 Å². The number of nitrogens with two attached hydrogens (primary N) is 1. The van der Waals surface area contributed by atoms with Crippen LogP contribution in [0.4, 0.5) is 0 Å². The predicted molar refractivity (Wildman–Crippen MR) is 127 cm³/mol. The van der Waals surface area contributed by atoms with E-state index in [1.807, 2.05) is 24.3 Å². The lowest BCUT2D eigenvalue weighted by atomic mass is 10.1. The summed E-state index contributed by atoms with van der Waals surface area (Å²) in [5.41, 5.74) is 1.62. The van der Waals surface area contributed by atoms with Gasteiger partial charge in [0, 0.05) is 15.8 Å². The number of ketones is 1. The summed E-state index contributed by atoms with van der Waals surface area (Å²) in [6, 6.07) is 12.6. The van der Waals surface area contributed by atoms with Crippen molar-refractivity contribution in [1.29, 1.82) is 0 Å². The number of carbonyl (C=O) groups is 1. The zero-order valence-corrected chi connectivity index (χ0v) is 19.0. The van der Waals surface area contributed by atoms with E-state index >= 15 is 0 Å². The molecule has 0 amide bonds. The minimum Gasteiger partial charge on any atom is -0.493 e. The molecule has 31 heavy (non-hydrogen) atoms. The van der Waals surface area contributed by atoms with Crippen LogP contribution in [-0.2, 0) is 4.79 Å². The summed E-state index contributed by atoms with van der Waals surface area (Å²) in [7, 11) is 0. The number of nitrogen functional groups attached to an aromatic ring is 1. The first kappa shape index (κ1) is 22.9. The molecule has 0 aliphatic carbocycles. The zero-order chi connectivity index (χ0) is 22.2. The number of nitrogens with zero attached hydrogens (tertiary/aromatic N) is 3. The number of hydrogen-bond donors (Lipinski definition) is 1. The maximum absolute atomic E-state index is 12.1. The van der Waals surface area contributed by atoms with Crippen molar-refractivity contribution in [2.45, 2.75) is 12.1 Å². The lowest BCUT2D eigenvalue weighted by molar-refractivity contribution is -0.110. The normalized spacial score (nSPS) is 11.5. The number of halogens is 2. The summed E-state index contributed by atoms with van der Waals surface area (Å²) in [5, 5.41) is 9.59. The number of aromatic nitrogens is 3. The van der Waals surface area contributed by atoms with Crippen molar-refractivity contribution in [2.75, 3.05) is 18.2 Å². The van der Waals surface area contributed by atoms with Crippen molar-refractivity contribution in [3.63, 3.8) is 0 Å². The van der Waals surface area contributed by atoms with E-state index in [2.05, 4.69) is 10.2 Å². The first-order valence-electron chi connectivity index (χ1n) is 9.30. The van der Waals surface area contributed by atoms with E-state index in [1.54, 1.807) is 37.3 Å². The second-order valence-corrected chi connectivity index (χ2v) is 8.31. The number of hydrogen-bond acceptors (Lipinski definition) is 6. The lowest BCUT2D eigenvalue weighted by Crippen LogP contribution is -2.12. The quantitative estimate of drug-likeness (QED) is 0.201. The summed E-state index contributed by atoms with van der Waals surface area (Å²) in [5.74, 6) is 7.75. The van der Waals surface area contributed by atoms with E-state index < -0.39 is 0 Å². The Bertz CT molecular complexity index is 1110. The number of benzene rings is 2. The van der Waals surface area contributed by atoms with E-state index in [1.165, 1.54) is 28.6 Å². The minimum absolute atomic E-state index is 0.147. The van der Waals surface area contributed by atoms with Crippen LogP contribution in [0.5, 0.6) is 5.75 Å². The summed E-state index contributed by atoms with van der Waals surface area (Å²) < 4.78 is 7.17. The van der Waals surface area contributed by atoms with E-state index in [9.17, 15) is 4.79 Å². The molecule has 3 aromatic rings. The molecule has 0 saturated heterocycles. The third-order valence-electron chi connectivity index (χ3n) is 4.13. The first-order chi connectivity index (χ1) is 14.9. The van der Waals surface area contributed by atoms with Crippen LogP contribution in [0.1, 0.15) is 17.0 Å². The fraction of sp³-hybridized carbons (Fsp3) is 0.136. The maximum Gasteiger partial charge on any atom is 0.209 e. The Morgan fingerprint density at radius 1 is 1.13 bits per heavy atom. The Morgan fingerprint density at radius 3 is 2.55 bits per heavy atom. The van der Waals surface area contributed by atoms with E-state index in [4.69, 9.17) is 33.8 Å². The third kappa shape index (κ3) is 6.89. The van der Waals surface area contributed by atoms with Crippen molar-refractivity contribution < 1.29 is 9.53 Å². The monoisotopic (exact) mass is 474 g/mol. The Hall–Kier alpha value is -2.74. The van der Waals surface area contributed by atoms with Gasteiger partial charge in [-0.05, 0) is 60.5 Å². The molecule has 0 saturated carbocycles. The van der Waals surface area contributed by atoms with Crippen molar-refractivity contribution in [1.82, 2.24) is 14.9 Å². The van der Waals surface area contributed by atoms with Crippen molar-refractivity contribution in [3.05, 3.63) is 81.6 Å². The number of allylic oxidation sites excluding steroid dienone is 2. The van der Waals surface area contributed by atoms with Crippen molar-refractivity contribution in [2.24, 2.45) is 0 Å². The second-order valence-electron chi connectivity index (χ2n) is 6.40. The Kier molecular flexibility index (Phi) is 8.17. The highest BCUT2D eigenvalue weighted by Gasteiger charge is 2.06. The summed E-state index contributed by atoms with van der Waals surface area (Å²) >= 11 is 13.4. The van der Waals surface area contributed by atoms with Gasteiger partial charge in [0.25, 0.3) is 0 Å². The van der Waals surface area contributed by atoms with Gasteiger partial charge in [-0.2, -0.15) is 0 Å². The molecule has 1 heterocycles.